The van der Waals surface area contributed by atoms with Gasteiger partial charge in [0.1, 0.15) is 17.5 Å². The van der Waals surface area contributed by atoms with E-state index in [4.69, 9.17) is 14.5 Å². The Kier molecular flexibility index (Phi) is 11.7. The molecular weight excluding hydrogens is 609 g/mol. The minimum Gasteiger partial charge on any atom is -0.494 e. The van der Waals surface area contributed by atoms with E-state index in [1.807, 2.05) is 20.8 Å². The zero-order chi connectivity index (χ0) is 34.3. The van der Waals surface area contributed by atoms with Crippen LogP contribution in [0, 0.1) is 24.1 Å². The van der Waals surface area contributed by atoms with Crippen LogP contribution < -0.4 is 10.3 Å². The molecule has 5 rings (SSSR count). The van der Waals surface area contributed by atoms with Gasteiger partial charge in [-0.1, -0.05) is 19.9 Å². The monoisotopic (exact) mass is 647 g/mol. The first-order chi connectivity index (χ1) is 21.9. The first-order valence-corrected chi connectivity index (χ1v) is 15.5. The fraction of sp³-hybridized carbons (Fsp3) is 0.353. The molecule has 2 aromatic carbocycles. The average molecular weight is 648 g/mol. The van der Waals surface area contributed by atoms with Crippen LogP contribution in [0.5, 0.6) is 5.75 Å². The van der Waals surface area contributed by atoms with E-state index in [0.717, 1.165) is 11.8 Å². The predicted octanol–water partition coefficient (Wildman–Crippen LogP) is 6.60. The number of ether oxygens (including phenoxy) is 2. The number of aryl methyl sites for hydroxylation is 1. The second-order valence-corrected chi connectivity index (χ2v) is 11.0. The summed E-state index contributed by atoms with van der Waals surface area (Å²) in [6, 6.07) is 11.7. The highest BCUT2D eigenvalue weighted by Gasteiger charge is 2.40. The van der Waals surface area contributed by atoms with Gasteiger partial charge in [0.2, 0.25) is 0 Å². The van der Waals surface area contributed by atoms with Crippen LogP contribution in [0.2, 0.25) is 0 Å². The second kappa shape index (κ2) is 15.0. The number of thiol groups is 1. The van der Waals surface area contributed by atoms with Gasteiger partial charge in [-0.25, -0.2) is 14.2 Å². The Labute approximate surface area is 273 Å². The first kappa shape index (κ1) is 35.7. The molecule has 1 saturated heterocycles. The lowest BCUT2D eigenvalue weighted by Gasteiger charge is -2.29. The molecule has 2 aromatic heterocycles. The maximum atomic E-state index is 14.9. The molecule has 0 bridgehead atoms. The van der Waals surface area contributed by atoms with Gasteiger partial charge in [-0.05, 0) is 64.3 Å². The van der Waals surface area contributed by atoms with Gasteiger partial charge >= 0.3 is 6.09 Å². The van der Waals surface area contributed by atoms with E-state index in [2.05, 4.69) is 23.7 Å². The number of likely N-dealkylation sites (tertiary alicyclic amines) is 1. The molecule has 0 N–H and O–H groups in total. The van der Waals surface area contributed by atoms with Gasteiger partial charge in [0.25, 0.3) is 5.56 Å². The van der Waals surface area contributed by atoms with Crippen LogP contribution in [-0.2, 0) is 9.53 Å². The third kappa shape index (κ3) is 7.54. The number of carbonyl (C=O) groups excluding carboxylic acids is 2. The van der Waals surface area contributed by atoms with Crippen molar-refractivity contribution in [3.05, 3.63) is 81.9 Å². The van der Waals surface area contributed by atoms with Gasteiger partial charge in [-0.3, -0.25) is 24.0 Å². The number of pyridine rings is 1. The van der Waals surface area contributed by atoms with Crippen molar-refractivity contribution in [2.24, 2.45) is 0 Å². The molecule has 1 unspecified atom stereocenters. The lowest BCUT2D eigenvalue weighted by molar-refractivity contribution is -0.117. The number of hydrogen-bond donors (Lipinski definition) is 1. The Morgan fingerprint density at radius 3 is 2.37 bits per heavy atom. The van der Waals surface area contributed by atoms with Crippen molar-refractivity contribution in [3.8, 4) is 28.6 Å². The summed E-state index contributed by atoms with van der Waals surface area (Å²) in [5.74, 6) is -0.971. The molecule has 4 aromatic rings. The number of Topliss-reactive ketones (excluding diaryl/α,β-unsaturated/α-hetero) is 1. The standard InChI is InChI=1S/C31H28FN5O5.C2H6.CH4S/c1-17-6-7-19(15-34-17)22-10-18(14-33)11-23-27(22)35-28(25-13-21(38)16-36(25)30(40)42-31(2,3)4)37(29(23)39)20-8-9-26(41-5)24(32)12-20;2*1-2/h6-12,15,25H,13,16H2,1-5H3;1-2H3;2H,1H3. The van der Waals surface area contributed by atoms with Crippen molar-refractivity contribution >= 4 is 35.4 Å². The number of carbonyl (C=O) groups is 2. The minimum atomic E-state index is -0.991. The fourth-order valence-corrected chi connectivity index (χ4v) is 4.92. The molecule has 1 atom stereocenters. The summed E-state index contributed by atoms with van der Waals surface area (Å²) in [5.41, 5.74) is 0.957. The Hall–Kier alpha value is -4.76. The van der Waals surface area contributed by atoms with Crippen molar-refractivity contribution in [3.63, 3.8) is 0 Å². The molecule has 0 aliphatic carbocycles. The van der Waals surface area contributed by atoms with E-state index >= 15 is 0 Å². The molecule has 1 aliphatic heterocycles. The van der Waals surface area contributed by atoms with Crippen LogP contribution in [0.3, 0.4) is 0 Å². The molecular formula is C34H38FN5O5S. The molecule has 0 spiro atoms. The van der Waals surface area contributed by atoms with Crippen LogP contribution >= 0.6 is 12.6 Å². The molecule has 3 heterocycles. The third-order valence-corrected chi connectivity index (χ3v) is 6.81. The number of nitrogens with zero attached hydrogens (tertiary/aromatic N) is 5. The number of fused-ring (bicyclic) bond motifs is 1. The van der Waals surface area contributed by atoms with Crippen LogP contribution in [-0.4, -0.2) is 56.8 Å². The van der Waals surface area contributed by atoms with Gasteiger partial charge in [0.05, 0.1) is 41.9 Å². The summed E-state index contributed by atoms with van der Waals surface area (Å²) in [6.45, 7) is 10.7. The molecule has 0 saturated carbocycles. The highest BCUT2D eigenvalue weighted by Crippen LogP contribution is 2.35. The van der Waals surface area contributed by atoms with E-state index in [9.17, 15) is 24.0 Å². The summed E-state index contributed by atoms with van der Waals surface area (Å²) in [6.07, 6.45) is 2.43. The number of rotatable bonds is 4. The Morgan fingerprint density at radius 1 is 1.11 bits per heavy atom. The number of ketones is 1. The van der Waals surface area contributed by atoms with E-state index < -0.39 is 29.1 Å². The number of halogens is 1. The lowest BCUT2D eigenvalue weighted by atomic mass is 10.00. The maximum absolute atomic E-state index is 14.9. The molecule has 242 valence electrons. The maximum Gasteiger partial charge on any atom is 0.411 e. The number of hydrogen-bond acceptors (Lipinski definition) is 9. The Morgan fingerprint density at radius 2 is 1.80 bits per heavy atom. The molecule has 1 fully saturated rings. The van der Waals surface area contributed by atoms with Crippen molar-refractivity contribution < 1.29 is 23.5 Å². The Balaban J connectivity index is 0.00000139. The van der Waals surface area contributed by atoms with Gasteiger partial charge in [0, 0.05) is 35.5 Å². The van der Waals surface area contributed by atoms with Gasteiger partial charge in [0.15, 0.2) is 17.3 Å². The van der Waals surface area contributed by atoms with Crippen molar-refractivity contribution in [2.75, 3.05) is 19.9 Å². The normalized spacial score (nSPS) is 14.1. The third-order valence-electron chi connectivity index (χ3n) is 6.81. The zero-order valence-corrected chi connectivity index (χ0v) is 28.1. The van der Waals surface area contributed by atoms with Crippen molar-refractivity contribution in [1.29, 1.82) is 5.26 Å². The average Bonchev–Trinajstić information content (AvgIpc) is 3.43. The summed E-state index contributed by atoms with van der Waals surface area (Å²) >= 11 is 3.53. The van der Waals surface area contributed by atoms with Gasteiger partial charge in [-0.2, -0.15) is 17.9 Å². The highest BCUT2D eigenvalue weighted by atomic mass is 32.1. The van der Waals surface area contributed by atoms with Crippen molar-refractivity contribution in [2.45, 2.75) is 59.6 Å². The number of aromatic nitrogens is 3. The topological polar surface area (TPSA) is 127 Å². The summed E-state index contributed by atoms with van der Waals surface area (Å²) in [7, 11) is 1.32. The van der Waals surface area contributed by atoms with Gasteiger partial charge in [-0.15, -0.1) is 0 Å². The van der Waals surface area contributed by atoms with Crippen LogP contribution in [0.1, 0.15) is 64.2 Å². The first-order valence-electron chi connectivity index (χ1n) is 14.6. The zero-order valence-electron chi connectivity index (χ0n) is 27.2. The SMILES string of the molecule is CC.COc1ccc(-n2c(C3CC(=O)CN3C(=O)OC(C)(C)C)nc3c(-c4ccc(C)nc4)cc(C#N)cc3c2=O)cc1F.CS. The van der Waals surface area contributed by atoms with Gasteiger partial charge < -0.3 is 9.47 Å². The lowest BCUT2D eigenvalue weighted by Crippen LogP contribution is -2.39. The van der Waals surface area contributed by atoms with Crippen molar-refractivity contribution in [1.82, 2.24) is 19.4 Å². The minimum absolute atomic E-state index is 0.0329. The number of nitriles is 1. The molecule has 46 heavy (non-hydrogen) atoms. The number of methoxy groups -OCH3 is 1. The Bertz CT molecular complexity index is 1840. The van der Waals surface area contributed by atoms with E-state index in [-0.39, 0.29) is 52.5 Å². The second-order valence-electron chi connectivity index (χ2n) is 11.0. The number of amides is 1. The summed E-state index contributed by atoms with van der Waals surface area (Å²) < 4.78 is 26.7. The highest BCUT2D eigenvalue weighted by molar-refractivity contribution is 7.79. The fourth-order valence-electron chi connectivity index (χ4n) is 4.92. The molecule has 0 radical (unpaired) electrons. The predicted molar refractivity (Wildman–Crippen MR) is 178 cm³/mol. The van der Waals surface area contributed by atoms with E-state index in [1.54, 1.807) is 51.4 Å². The van der Waals surface area contributed by atoms with E-state index in [1.165, 1.54) is 34.8 Å². The smallest absolute Gasteiger partial charge is 0.411 e. The molecule has 12 heteroatoms. The quantitative estimate of drug-likeness (QED) is 0.246. The number of benzene rings is 2. The summed E-state index contributed by atoms with van der Waals surface area (Å²) in [4.78, 5) is 50.7. The van der Waals surface area contributed by atoms with E-state index in [0.29, 0.717) is 11.1 Å². The van der Waals surface area contributed by atoms with Crippen LogP contribution in [0.25, 0.3) is 27.7 Å². The summed E-state index contributed by atoms with van der Waals surface area (Å²) in [5, 5.41) is 9.87. The molecule has 1 aliphatic rings. The molecule has 10 nitrogen and oxygen atoms in total. The van der Waals surface area contributed by atoms with Crippen LogP contribution in [0.15, 0.2) is 53.5 Å². The molecule has 1 amide bonds. The largest absolute Gasteiger partial charge is 0.494 e. The van der Waals surface area contributed by atoms with Crippen LogP contribution in [0.4, 0.5) is 9.18 Å².